The Morgan fingerprint density at radius 3 is 2.38 bits per heavy atom. The van der Waals surface area contributed by atoms with E-state index >= 15 is 0 Å². The molecule has 0 unspecified atom stereocenters. The van der Waals surface area contributed by atoms with Crippen molar-refractivity contribution in [3.8, 4) is 5.75 Å². The van der Waals surface area contributed by atoms with E-state index in [0.717, 1.165) is 12.8 Å². The van der Waals surface area contributed by atoms with E-state index in [2.05, 4.69) is 5.32 Å². The molecule has 0 aliphatic carbocycles. The summed E-state index contributed by atoms with van der Waals surface area (Å²) in [6.45, 7) is 3.50. The molecule has 0 spiro atoms. The van der Waals surface area contributed by atoms with Crippen molar-refractivity contribution >= 4 is 11.8 Å². The number of hydrogen-bond donors (Lipinski definition) is 1. The molecule has 2 aromatic rings. The fraction of sp³-hybridized carbons (Fsp3) is 0.364. The maximum absolute atomic E-state index is 14.1. The number of halogens is 2. The highest BCUT2D eigenvalue weighted by atomic mass is 19.1. The minimum atomic E-state index is -0.844. The van der Waals surface area contributed by atoms with Crippen LogP contribution in [-0.2, 0) is 16.1 Å². The molecule has 2 rings (SSSR count). The highest BCUT2D eigenvalue weighted by molar-refractivity contribution is 5.87. The van der Waals surface area contributed by atoms with Crippen molar-refractivity contribution in [2.24, 2.45) is 0 Å². The number of nitrogens with one attached hydrogen (secondary N) is 1. The van der Waals surface area contributed by atoms with Crippen LogP contribution in [0.1, 0.15) is 32.3 Å². The summed E-state index contributed by atoms with van der Waals surface area (Å²) in [4.78, 5) is 26.5. The summed E-state index contributed by atoms with van der Waals surface area (Å²) in [5.41, 5.74) is 0.278. The second-order valence-electron chi connectivity index (χ2n) is 6.65. The number of para-hydroxylation sites is 1. The first-order valence-electron chi connectivity index (χ1n) is 9.62. The van der Waals surface area contributed by atoms with E-state index < -0.39 is 30.2 Å². The van der Waals surface area contributed by atoms with Crippen molar-refractivity contribution in [1.29, 1.82) is 0 Å². The van der Waals surface area contributed by atoms with Gasteiger partial charge in [-0.2, -0.15) is 0 Å². The summed E-state index contributed by atoms with van der Waals surface area (Å²) in [5.74, 6) is -2.01. The summed E-state index contributed by atoms with van der Waals surface area (Å²) < 4.78 is 33.1. The summed E-state index contributed by atoms with van der Waals surface area (Å²) in [5, 5.41) is 2.77. The molecular weight excluding hydrogens is 378 g/mol. The zero-order valence-electron chi connectivity index (χ0n) is 16.7. The molecule has 0 saturated heterocycles. The molecule has 1 atom stereocenters. The lowest BCUT2D eigenvalue weighted by atomic mass is 10.1. The van der Waals surface area contributed by atoms with Crippen LogP contribution in [0.25, 0.3) is 0 Å². The van der Waals surface area contributed by atoms with Crippen LogP contribution in [0, 0.1) is 11.6 Å². The predicted octanol–water partition coefficient (Wildman–Crippen LogP) is 3.68. The van der Waals surface area contributed by atoms with Crippen LogP contribution in [0.5, 0.6) is 5.75 Å². The third-order valence-corrected chi connectivity index (χ3v) is 4.48. The van der Waals surface area contributed by atoms with Gasteiger partial charge in [-0.05, 0) is 31.5 Å². The van der Waals surface area contributed by atoms with Crippen molar-refractivity contribution < 1.29 is 23.1 Å². The van der Waals surface area contributed by atoms with Crippen LogP contribution in [0.3, 0.4) is 0 Å². The minimum Gasteiger partial charge on any atom is -0.481 e. The molecule has 2 amide bonds. The van der Waals surface area contributed by atoms with E-state index in [9.17, 15) is 18.4 Å². The Hall–Kier alpha value is -2.96. The van der Waals surface area contributed by atoms with Crippen LogP contribution < -0.4 is 10.1 Å². The number of rotatable bonds is 10. The highest BCUT2D eigenvalue weighted by Crippen LogP contribution is 2.17. The Morgan fingerprint density at radius 2 is 1.72 bits per heavy atom. The fourth-order valence-corrected chi connectivity index (χ4v) is 2.71. The Morgan fingerprint density at radius 1 is 1.07 bits per heavy atom. The third kappa shape index (κ3) is 6.55. The molecule has 0 saturated carbocycles. The zero-order chi connectivity index (χ0) is 21.2. The van der Waals surface area contributed by atoms with Gasteiger partial charge in [-0.1, -0.05) is 43.7 Å². The highest BCUT2D eigenvalue weighted by Gasteiger charge is 2.27. The van der Waals surface area contributed by atoms with Crippen molar-refractivity contribution in [2.75, 3.05) is 13.2 Å². The standard InChI is InChI=1S/C22H26F2N2O3/c1-3-4-13-25-22(28)16(2)26(14-17-9-5-6-10-18(17)23)21(27)15-29-20-12-8-7-11-19(20)24/h5-12,16H,3-4,13-15H2,1-2H3,(H,25,28)/t16-/m0/s1. The van der Waals surface area contributed by atoms with Crippen molar-refractivity contribution in [2.45, 2.75) is 39.3 Å². The molecule has 0 aliphatic rings. The summed E-state index contributed by atoms with van der Waals surface area (Å²) in [7, 11) is 0. The predicted molar refractivity (Wildman–Crippen MR) is 106 cm³/mol. The van der Waals surface area contributed by atoms with Crippen LogP contribution in [0.4, 0.5) is 8.78 Å². The Labute approximate surface area is 169 Å². The molecule has 1 N–H and O–H groups in total. The lowest BCUT2D eigenvalue weighted by molar-refractivity contribution is -0.142. The first-order valence-corrected chi connectivity index (χ1v) is 9.62. The monoisotopic (exact) mass is 404 g/mol. The Balaban J connectivity index is 2.14. The van der Waals surface area contributed by atoms with Gasteiger partial charge in [0, 0.05) is 18.7 Å². The van der Waals surface area contributed by atoms with Gasteiger partial charge in [0.05, 0.1) is 0 Å². The van der Waals surface area contributed by atoms with Gasteiger partial charge in [-0.3, -0.25) is 9.59 Å². The quantitative estimate of drug-likeness (QED) is 0.615. The molecule has 0 aliphatic heterocycles. The average Bonchev–Trinajstić information content (AvgIpc) is 2.72. The maximum atomic E-state index is 14.1. The molecule has 0 radical (unpaired) electrons. The number of unbranched alkanes of at least 4 members (excludes halogenated alkanes) is 1. The Kier molecular flexibility index (Phi) is 8.58. The summed E-state index contributed by atoms with van der Waals surface area (Å²) >= 11 is 0. The van der Waals surface area contributed by atoms with E-state index in [4.69, 9.17) is 4.74 Å². The van der Waals surface area contributed by atoms with Gasteiger partial charge in [0.2, 0.25) is 5.91 Å². The van der Waals surface area contributed by atoms with Gasteiger partial charge in [-0.25, -0.2) is 8.78 Å². The van der Waals surface area contributed by atoms with E-state index in [0.29, 0.717) is 6.54 Å². The molecular formula is C22H26F2N2O3. The summed E-state index contributed by atoms with van der Waals surface area (Å²) in [6.07, 6.45) is 1.74. The van der Waals surface area contributed by atoms with Crippen LogP contribution in [0.15, 0.2) is 48.5 Å². The number of carbonyl (C=O) groups is 2. The lowest BCUT2D eigenvalue weighted by Crippen LogP contribution is -2.49. The van der Waals surface area contributed by atoms with Crippen LogP contribution in [0.2, 0.25) is 0 Å². The third-order valence-electron chi connectivity index (χ3n) is 4.48. The zero-order valence-corrected chi connectivity index (χ0v) is 16.7. The van der Waals surface area contributed by atoms with Gasteiger partial charge in [0.25, 0.3) is 5.91 Å². The van der Waals surface area contributed by atoms with Crippen molar-refractivity contribution in [3.63, 3.8) is 0 Å². The minimum absolute atomic E-state index is 0.0632. The number of amides is 2. The molecule has 0 heterocycles. The molecule has 2 aromatic carbocycles. The molecule has 156 valence electrons. The molecule has 0 aromatic heterocycles. The number of hydrogen-bond acceptors (Lipinski definition) is 3. The SMILES string of the molecule is CCCCNC(=O)[C@H](C)N(Cc1ccccc1F)C(=O)COc1ccccc1F. The molecule has 29 heavy (non-hydrogen) atoms. The second-order valence-corrected chi connectivity index (χ2v) is 6.65. The average molecular weight is 404 g/mol. The number of carbonyl (C=O) groups excluding carboxylic acids is 2. The van der Waals surface area contributed by atoms with Gasteiger partial charge in [0.15, 0.2) is 18.2 Å². The van der Waals surface area contributed by atoms with E-state index in [1.165, 1.54) is 29.2 Å². The molecule has 5 nitrogen and oxygen atoms in total. The molecule has 7 heteroatoms. The first kappa shape index (κ1) is 22.3. The smallest absolute Gasteiger partial charge is 0.261 e. The van der Waals surface area contributed by atoms with Gasteiger partial charge < -0.3 is 15.0 Å². The van der Waals surface area contributed by atoms with E-state index in [-0.39, 0.29) is 23.8 Å². The van der Waals surface area contributed by atoms with Gasteiger partial charge in [0.1, 0.15) is 11.9 Å². The molecule has 0 bridgehead atoms. The van der Waals surface area contributed by atoms with Crippen molar-refractivity contribution in [1.82, 2.24) is 10.2 Å². The maximum Gasteiger partial charge on any atom is 0.261 e. The first-order chi connectivity index (χ1) is 13.9. The normalized spacial score (nSPS) is 11.6. The van der Waals surface area contributed by atoms with E-state index in [1.807, 2.05) is 6.92 Å². The fourth-order valence-electron chi connectivity index (χ4n) is 2.71. The van der Waals surface area contributed by atoms with Crippen LogP contribution >= 0.6 is 0 Å². The lowest BCUT2D eigenvalue weighted by Gasteiger charge is -2.29. The topological polar surface area (TPSA) is 58.6 Å². The Bertz CT molecular complexity index is 829. The van der Waals surface area contributed by atoms with Crippen LogP contribution in [-0.4, -0.2) is 35.9 Å². The number of benzene rings is 2. The van der Waals surface area contributed by atoms with Gasteiger partial charge in [-0.15, -0.1) is 0 Å². The molecule has 0 fully saturated rings. The van der Waals surface area contributed by atoms with Crippen molar-refractivity contribution in [3.05, 3.63) is 65.7 Å². The number of ether oxygens (including phenoxy) is 1. The second kappa shape index (κ2) is 11.1. The largest absolute Gasteiger partial charge is 0.481 e. The summed E-state index contributed by atoms with van der Waals surface area (Å²) in [6, 6.07) is 10.9. The van der Waals surface area contributed by atoms with E-state index in [1.54, 1.807) is 31.2 Å². The van der Waals surface area contributed by atoms with Gasteiger partial charge >= 0.3 is 0 Å². The number of nitrogens with zero attached hydrogens (tertiary/aromatic N) is 1.